The van der Waals surface area contributed by atoms with Crippen LogP contribution in [0, 0.1) is 0 Å². The van der Waals surface area contributed by atoms with Crippen molar-refractivity contribution in [1.82, 2.24) is 4.37 Å². The van der Waals surface area contributed by atoms with Crippen LogP contribution in [0.4, 0.5) is 0 Å². The second-order valence-corrected chi connectivity index (χ2v) is 2.14. The van der Waals surface area contributed by atoms with E-state index in [2.05, 4.69) is 16.0 Å². The highest BCUT2D eigenvalue weighted by molar-refractivity contribution is 7.03. The first-order valence-electron chi connectivity index (χ1n) is 1.91. The van der Waals surface area contributed by atoms with Crippen LogP contribution >= 0.6 is 34.7 Å². The highest BCUT2D eigenvalue weighted by Crippen LogP contribution is 2.04. The first-order valence-corrected chi connectivity index (χ1v) is 3.56. The summed E-state index contributed by atoms with van der Waals surface area (Å²) in [6.07, 6.45) is 0. The molecule has 0 atom stereocenters. The predicted octanol–water partition coefficient (Wildman–Crippen LogP) is 2.21. The molecule has 0 aliphatic carbocycles. The minimum absolute atomic E-state index is 0.222. The molecule has 50 valence electrons. The van der Waals surface area contributed by atoms with E-state index < -0.39 is 0 Å². The maximum Gasteiger partial charge on any atom is 0.208 e. The molecular weight excluding hydrogens is 181 g/mol. The van der Waals surface area contributed by atoms with Crippen molar-refractivity contribution in [1.29, 1.82) is 0 Å². The average molecular weight is 184 g/mol. The predicted molar refractivity (Wildman–Crippen MR) is 39.7 cm³/mol. The Balaban J connectivity index is 0.000000187. The molecule has 0 spiro atoms. The van der Waals surface area contributed by atoms with Crippen LogP contribution < -0.4 is 0 Å². The molecule has 0 aliphatic heterocycles. The van der Waals surface area contributed by atoms with Crippen molar-refractivity contribution in [3.63, 3.8) is 0 Å². The molecule has 1 aromatic heterocycles. The molecule has 0 saturated heterocycles. The minimum atomic E-state index is 0.222. The minimum Gasteiger partial charge on any atom is -0.285 e. The van der Waals surface area contributed by atoms with Crippen molar-refractivity contribution in [3.8, 4) is 0 Å². The molecule has 0 bridgehead atoms. The largest absolute Gasteiger partial charge is 0.285 e. The molecule has 0 aromatic carbocycles. The third-order valence-electron chi connectivity index (χ3n) is 0.406. The van der Waals surface area contributed by atoms with Crippen LogP contribution in [0.5, 0.6) is 0 Å². The van der Waals surface area contributed by atoms with Crippen LogP contribution in [0.1, 0.15) is 0 Å². The molecule has 5 heteroatoms. The second kappa shape index (κ2) is 6.01. The molecule has 0 unspecified atom stereocenters. The van der Waals surface area contributed by atoms with E-state index in [1.807, 2.05) is 5.38 Å². The molecule has 0 radical (unpaired) electrons. The third-order valence-corrected chi connectivity index (χ3v) is 1.28. The molecule has 1 heterocycles. The van der Waals surface area contributed by atoms with Crippen molar-refractivity contribution in [2.75, 3.05) is 0 Å². The summed E-state index contributed by atoms with van der Waals surface area (Å²) in [7, 11) is 0. The van der Waals surface area contributed by atoms with E-state index in [9.17, 15) is 0 Å². The summed E-state index contributed by atoms with van der Waals surface area (Å²) in [6.45, 7) is 0. The fourth-order valence-electron chi connectivity index (χ4n) is 0.198. The van der Waals surface area contributed by atoms with E-state index in [4.69, 9.17) is 16.4 Å². The summed E-state index contributed by atoms with van der Waals surface area (Å²) in [5, 5.41) is 2.42. The van der Waals surface area contributed by atoms with Crippen molar-refractivity contribution in [2.45, 2.75) is 0 Å². The Kier molecular flexibility index (Phi) is 5.93. The van der Waals surface area contributed by atoms with Crippen LogP contribution in [0.25, 0.3) is 0 Å². The molecule has 0 N–H and O–H groups in total. The molecule has 1 rings (SSSR count). The molecule has 1 aromatic rings. The Labute approximate surface area is 66.6 Å². The molecule has 2 nitrogen and oxygen atoms in total. The van der Waals surface area contributed by atoms with Gasteiger partial charge >= 0.3 is 0 Å². The first kappa shape index (κ1) is 8.88. The summed E-state index contributed by atoms with van der Waals surface area (Å²) in [6, 6.07) is 1.76. The van der Waals surface area contributed by atoms with Gasteiger partial charge in [0.2, 0.25) is 5.75 Å². The molecule has 0 fully saturated rings. The van der Waals surface area contributed by atoms with Gasteiger partial charge in [-0.25, -0.2) is 0 Å². The van der Waals surface area contributed by atoms with Gasteiger partial charge in [0.15, 0.2) is 0 Å². The van der Waals surface area contributed by atoms with Gasteiger partial charge in [0.25, 0.3) is 0 Å². The van der Waals surface area contributed by atoms with Gasteiger partial charge < -0.3 is 0 Å². The molecule has 9 heavy (non-hydrogen) atoms. The van der Waals surface area contributed by atoms with Crippen LogP contribution in [0.15, 0.2) is 11.4 Å². The monoisotopic (exact) mass is 183 g/mol. The van der Waals surface area contributed by atoms with E-state index >= 15 is 0 Å². The lowest BCUT2D eigenvalue weighted by Gasteiger charge is -1.60. The number of carbonyl (C=O) groups is 1. The van der Waals surface area contributed by atoms with Crippen LogP contribution in [0.2, 0.25) is 5.15 Å². The van der Waals surface area contributed by atoms with Gasteiger partial charge in [0, 0.05) is 5.38 Å². The Morgan fingerprint density at radius 2 is 2.33 bits per heavy atom. The Morgan fingerprint density at radius 1 is 1.78 bits per heavy atom. The highest BCUT2D eigenvalue weighted by Gasteiger charge is 1.79. The van der Waals surface area contributed by atoms with Gasteiger partial charge in [0.05, 0.1) is 0 Å². The maximum absolute atomic E-state index is 8.57. The smallest absolute Gasteiger partial charge is 0.208 e. The van der Waals surface area contributed by atoms with E-state index in [1.54, 1.807) is 6.07 Å². The van der Waals surface area contributed by atoms with Crippen molar-refractivity contribution >= 4 is 40.5 Å². The van der Waals surface area contributed by atoms with Gasteiger partial charge in [-0.1, -0.05) is 11.6 Å². The van der Waals surface area contributed by atoms with Gasteiger partial charge in [-0.3, -0.25) is 4.79 Å². The van der Waals surface area contributed by atoms with Crippen LogP contribution in [-0.4, -0.2) is 10.1 Å². The van der Waals surface area contributed by atoms with Crippen LogP contribution in [0.3, 0.4) is 0 Å². The zero-order valence-corrected chi connectivity index (χ0v) is 6.58. The summed E-state index contributed by atoms with van der Waals surface area (Å²) in [4.78, 5) is 8.57. The lowest BCUT2D eigenvalue weighted by molar-refractivity contribution is 0.569. The number of hydrogen-bond acceptors (Lipinski definition) is 3. The van der Waals surface area contributed by atoms with Gasteiger partial charge in [-0.2, -0.15) is 4.37 Å². The number of carbonyl (C=O) groups excluding carboxylic acids is 1. The fourth-order valence-corrected chi connectivity index (χ4v) is 0.867. The van der Waals surface area contributed by atoms with E-state index in [0.717, 1.165) is 0 Å². The average Bonchev–Trinajstić information content (AvgIpc) is 2.20. The molecule has 0 aliphatic rings. The normalized spacial score (nSPS) is 7.33. The lowest BCUT2D eigenvalue weighted by Crippen LogP contribution is -1.46. The van der Waals surface area contributed by atoms with Crippen LogP contribution in [-0.2, 0) is 4.79 Å². The Morgan fingerprint density at radius 3 is 2.44 bits per heavy atom. The molecular formula is C4H3Cl2NOS. The van der Waals surface area contributed by atoms with Crippen molar-refractivity contribution in [2.24, 2.45) is 0 Å². The summed E-state index contributed by atoms with van der Waals surface area (Å²) >= 11 is 11.0. The Hall–Kier alpha value is -0.120. The van der Waals surface area contributed by atoms with Gasteiger partial charge in [0.1, 0.15) is 5.15 Å². The molecule has 0 amide bonds. The number of hydrogen-bond donors (Lipinski definition) is 0. The maximum atomic E-state index is 8.57. The number of nitrogens with zero attached hydrogens (tertiary/aromatic N) is 1. The number of rotatable bonds is 0. The third kappa shape index (κ3) is 5.76. The summed E-state index contributed by atoms with van der Waals surface area (Å²) < 4.78 is 3.72. The summed E-state index contributed by atoms with van der Waals surface area (Å²) in [5.74, 6) is 0.222. The zero-order valence-electron chi connectivity index (χ0n) is 4.25. The highest BCUT2D eigenvalue weighted by atomic mass is 35.5. The SMILES string of the molecule is Clc1ccsn1.O=CCl. The van der Waals surface area contributed by atoms with Crippen molar-refractivity contribution in [3.05, 3.63) is 16.6 Å². The summed E-state index contributed by atoms with van der Waals surface area (Å²) in [5.41, 5.74) is 0. The van der Waals surface area contributed by atoms with E-state index in [0.29, 0.717) is 5.15 Å². The second-order valence-electron chi connectivity index (χ2n) is 0.911. The lowest BCUT2D eigenvalue weighted by atomic mass is 10.8. The first-order chi connectivity index (χ1) is 4.31. The van der Waals surface area contributed by atoms with E-state index in [1.165, 1.54) is 11.5 Å². The number of halogens is 2. The quantitative estimate of drug-likeness (QED) is 0.457. The standard InChI is InChI=1S/C3H2ClNS.CHClO/c4-3-1-2-6-5-3;2-1-3/h1-2H;1H. The van der Waals surface area contributed by atoms with E-state index in [-0.39, 0.29) is 5.75 Å². The van der Waals surface area contributed by atoms with Gasteiger partial charge in [-0.15, -0.1) is 0 Å². The zero-order chi connectivity index (χ0) is 7.11. The Bertz CT molecular complexity index is 154. The van der Waals surface area contributed by atoms with Gasteiger partial charge in [-0.05, 0) is 29.2 Å². The molecule has 0 saturated carbocycles. The number of aromatic nitrogens is 1. The fraction of sp³-hybridized carbons (Fsp3) is 0. The topological polar surface area (TPSA) is 30.0 Å². The van der Waals surface area contributed by atoms with Crippen molar-refractivity contribution < 1.29 is 4.79 Å².